The highest BCUT2D eigenvalue weighted by atomic mass is 16.4. The largest absolute Gasteiger partial charge is 0.507 e. The summed E-state index contributed by atoms with van der Waals surface area (Å²) in [7, 11) is 0. The molecule has 0 aliphatic carbocycles. The average molecular weight is 569 g/mol. The monoisotopic (exact) mass is 568 g/mol. The van der Waals surface area contributed by atoms with Gasteiger partial charge in [0.15, 0.2) is 11.2 Å². The lowest BCUT2D eigenvalue weighted by Crippen LogP contribution is -2.06. The Morgan fingerprint density at radius 2 is 1.00 bits per heavy atom. The predicted octanol–water partition coefficient (Wildman–Crippen LogP) is 8.93. The van der Waals surface area contributed by atoms with Gasteiger partial charge in [0.25, 0.3) is 0 Å². The molecule has 0 aliphatic heterocycles. The van der Waals surface area contributed by atoms with E-state index in [4.69, 9.17) is 8.83 Å². The summed E-state index contributed by atoms with van der Waals surface area (Å²) in [6.07, 6.45) is 13.4. The molecule has 6 heteroatoms. The molecule has 2 aromatic carbocycles. The van der Waals surface area contributed by atoms with E-state index < -0.39 is 11.3 Å². The van der Waals surface area contributed by atoms with Crippen molar-refractivity contribution in [1.82, 2.24) is 0 Å². The molecular formula is C36H40O6. The molecule has 0 amide bonds. The van der Waals surface area contributed by atoms with Gasteiger partial charge in [-0.25, -0.2) is 9.59 Å². The van der Waals surface area contributed by atoms with Gasteiger partial charge in [-0.05, 0) is 115 Å². The number of hydrogen-bond acceptors (Lipinski definition) is 6. The van der Waals surface area contributed by atoms with E-state index in [0.29, 0.717) is 23.6 Å². The van der Waals surface area contributed by atoms with Crippen LogP contribution < -0.4 is 11.3 Å². The van der Waals surface area contributed by atoms with Crippen LogP contribution in [-0.4, -0.2) is 10.2 Å². The van der Waals surface area contributed by atoms with Crippen LogP contribution >= 0.6 is 0 Å². The first kappa shape index (κ1) is 30.6. The van der Waals surface area contributed by atoms with Gasteiger partial charge in [-0.2, -0.15) is 0 Å². The van der Waals surface area contributed by atoms with Crippen LogP contribution in [-0.2, 0) is 12.8 Å². The molecule has 0 unspecified atom stereocenters. The van der Waals surface area contributed by atoms with Crippen LogP contribution in [0.15, 0.2) is 89.3 Å². The Bertz CT molecular complexity index is 1750. The number of aromatic hydroxyl groups is 2. The molecule has 0 saturated heterocycles. The lowest BCUT2D eigenvalue weighted by atomic mass is 10.00. The third-order valence-electron chi connectivity index (χ3n) is 7.40. The molecule has 0 bridgehead atoms. The summed E-state index contributed by atoms with van der Waals surface area (Å²) in [4.78, 5) is 26.2. The molecule has 0 fully saturated rings. The summed E-state index contributed by atoms with van der Waals surface area (Å²) in [5.74, 6) is -0.469. The van der Waals surface area contributed by atoms with Crippen LogP contribution in [0.1, 0.15) is 78.4 Å². The van der Waals surface area contributed by atoms with Crippen molar-refractivity contribution in [2.45, 2.75) is 80.1 Å². The van der Waals surface area contributed by atoms with E-state index in [2.05, 4.69) is 65.8 Å². The normalized spacial score (nSPS) is 12.3. The van der Waals surface area contributed by atoms with Crippen LogP contribution in [0, 0.1) is 0 Å². The molecule has 220 valence electrons. The Balaban J connectivity index is 1.80. The fourth-order valence-corrected chi connectivity index (χ4v) is 5.09. The molecule has 2 heterocycles. The molecule has 0 saturated carbocycles. The summed E-state index contributed by atoms with van der Waals surface area (Å²) >= 11 is 0. The summed E-state index contributed by atoms with van der Waals surface area (Å²) in [5.41, 5.74) is 5.16. The van der Waals surface area contributed by atoms with E-state index in [-0.39, 0.29) is 33.4 Å². The van der Waals surface area contributed by atoms with Crippen molar-refractivity contribution < 1.29 is 19.0 Å². The lowest BCUT2D eigenvalue weighted by Gasteiger charge is -2.10. The number of rotatable bonds is 10. The molecule has 4 rings (SSSR count). The number of phenols is 2. The van der Waals surface area contributed by atoms with Gasteiger partial charge in [0.2, 0.25) is 0 Å². The SMILES string of the molecule is CC(C)=CCC/C(C)=C/Cc1cc(O)c2c(=O)oc3c4cc(C/C=C(\C)CCC=C(C)C)cc(O)c4c(=O)oc3c2c1. The summed E-state index contributed by atoms with van der Waals surface area (Å²) in [6, 6.07) is 6.59. The smallest absolute Gasteiger partial charge is 0.348 e. The van der Waals surface area contributed by atoms with E-state index in [1.807, 2.05) is 0 Å². The van der Waals surface area contributed by atoms with Crippen molar-refractivity contribution in [2.24, 2.45) is 0 Å². The van der Waals surface area contributed by atoms with Gasteiger partial charge in [0.1, 0.15) is 22.3 Å². The highest BCUT2D eigenvalue weighted by Gasteiger charge is 2.20. The Morgan fingerprint density at radius 3 is 1.36 bits per heavy atom. The highest BCUT2D eigenvalue weighted by Crippen LogP contribution is 2.35. The number of benzene rings is 2. The zero-order chi connectivity index (χ0) is 30.6. The van der Waals surface area contributed by atoms with Gasteiger partial charge in [0.05, 0.1) is 0 Å². The number of allylic oxidation sites excluding steroid dienone is 8. The Kier molecular flexibility index (Phi) is 9.56. The molecule has 2 N–H and O–H groups in total. The van der Waals surface area contributed by atoms with E-state index >= 15 is 0 Å². The predicted molar refractivity (Wildman–Crippen MR) is 172 cm³/mol. The third kappa shape index (κ3) is 7.11. The maximum absolute atomic E-state index is 13.1. The minimum Gasteiger partial charge on any atom is -0.507 e. The first-order valence-electron chi connectivity index (χ1n) is 14.4. The summed E-state index contributed by atoms with van der Waals surface area (Å²) < 4.78 is 11.3. The topological polar surface area (TPSA) is 101 Å². The van der Waals surface area contributed by atoms with Crippen LogP contribution in [0.25, 0.3) is 32.7 Å². The molecule has 2 aromatic heterocycles. The second kappa shape index (κ2) is 13.1. The van der Waals surface area contributed by atoms with E-state index in [1.54, 1.807) is 24.3 Å². The molecule has 0 spiro atoms. The second-order valence-corrected chi connectivity index (χ2v) is 11.7. The average Bonchev–Trinajstić information content (AvgIpc) is 2.90. The fraction of sp³-hybridized carbons (Fsp3) is 0.333. The van der Waals surface area contributed by atoms with Crippen molar-refractivity contribution in [3.8, 4) is 11.5 Å². The van der Waals surface area contributed by atoms with E-state index in [0.717, 1.165) is 36.8 Å². The standard InChI is InChI=1S/C36H40O6/c1-21(2)9-7-11-23(5)13-15-25-17-27-31(29(37)19-25)35(39)42-34-28-18-26(16-14-24(6)12-8-10-22(3)4)20-30(38)32(28)36(40)41-33(27)34/h9-10,13-14,17-20,37-38H,7-8,11-12,15-16H2,1-6H3/b23-13+,24-14+. The highest BCUT2D eigenvalue weighted by molar-refractivity contribution is 6.12. The first-order chi connectivity index (χ1) is 19.9. The minimum atomic E-state index is -0.745. The summed E-state index contributed by atoms with van der Waals surface area (Å²) in [5, 5.41) is 22.1. The third-order valence-corrected chi connectivity index (χ3v) is 7.40. The molecule has 4 aromatic rings. The fourth-order valence-electron chi connectivity index (χ4n) is 5.09. The van der Waals surface area contributed by atoms with Crippen LogP contribution in [0.2, 0.25) is 0 Å². The molecule has 6 nitrogen and oxygen atoms in total. The molecule has 0 radical (unpaired) electrons. The van der Waals surface area contributed by atoms with Crippen molar-refractivity contribution in [2.75, 3.05) is 0 Å². The van der Waals surface area contributed by atoms with Crippen molar-refractivity contribution in [3.05, 3.63) is 103 Å². The quantitative estimate of drug-likeness (QED) is 0.146. The van der Waals surface area contributed by atoms with Crippen molar-refractivity contribution >= 4 is 32.7 Å². The first-order valence-corrected chi connectivity index (χ1v) is 14.4. The molecule has 42 heavy (non-hydrogen) atoms. The van der Waals surface area contributed by atoms with E-state index in [1.165, 1.54) is 22.3 Å². The molecule has 0 aliphatic rings. The summed E-state index contributed by atoms with van der Waals surface area (Å²) in [6.45, 7) is 12.4. The van der Waals surface area contributed by atoms with Gasteiger partial charge in [-0.3, -0.25) is 0 Å². The molecular weight excluding hydrogens is 528 g/mol. The van der Waals surface area contributed by atoms with Gasteiger partial charge < -0.3 is 19.0 Å². The lowest BCUT2D eigenvalue weighted by molar-refractivity contribution is 0.472. The van der Waals surface area contributed by atoms with Gasteiger partial charge in [0, 0.05) is 10.8 Å². The number of fused-ring (bicyclic) bond motifs is 5. The maximum Gasteiger partial charge on any atom is 0.348 e. The second-order valence-electron chi connectivity index (χ2n) is 11.7. The Morgan fingerprint density at radius 1 is 0.619 bits per heavy atom. The van der Waals surface area contributed by atoms with E-state index in [9.17, 15) is 19.8 Å². The van der Waals surface area contributed by atoms with Gasteiger partial charge >= 0.3 is 11.3 Å². The maximum atomic E-state index is 13.1. The van der Waals surface area contributed by atoms with Crippen LogP contribution in [0.3, 0.4) is 0 Å². The van der Waals surface area contributed by atoms with Crippen LogP contribution in [0.5, 0.6) is 11.5 Å². The van der Waals surface area contributed by atoms with Gasteiger partial charge in [-0.15, -0.1) is 0 Å². The Hall–Kier alpha value is -4.32. The Labute approximate surface area is 246 Å². The minimum absolute atomic E-state index is 0.0479. The van der Waals surface area contributed by atoms with Gasteiger partial charge in [-0.1, -0.05) is 46.6 Å². The number of phenolic OH excluding ortho intramolecular Hbond substituents is 2. The van der Waals surface area contributed by atoms with Crippen molar-refractivity contribution in [1.29, 1.82) is 0 Å². The zero-order valence-electron chi connectivity index (χ0n) is 25.4. The zero-order valence-corrected chi connectivity index (χ0v) is 25.4. The number of hydrogen-bond donors (Lipinski definition) is 2. The van der Waals surface area contributed by atoms with Crippen molar-refractivity contribution in [3.63, 3.8) is 0 Å². The van der Waals surface area contributed by atoms with Crippen LogP contribution in [0.4, 0.5) is 0 Å². The molecule has 0 atom stereocenters.